The number of likely N-dealkylation sites (N-methyl/N-ethyl adjacent to an activating group) is 1. The lowest BCUT2D eigenvalue weighted by molar-refractivity contribution is 0.304. The molecule has 2 N–H and O–H groups in total. The fourth-order valence-electron chi connectivity index (χ4n) is 0.928. The van der Waals surface area contributed by atoms with Crippen LogP contribution in [0.5, 0.6) is 0 Å². The van der Waals surface area contributed by atoms with E-state index in [1.54, 1.807) is 0 Å². The van der Waals surface area contributed by atoms with Crippen molar-refractivity contribution in [2.24, 2.45) is 0 Å². The van der Waals surface area contributed by atoms with Gasteiger partial charge in [-0.3, -0.25) is 5.41 Å². The van der Waals surface area contributed by atoms with Crippen LogP contribution >= 0.6 is 0 Å². The van der Waals surface area contributed by atoms with Gasteiger partial charge in [-0.25, -0.2) is 0 Å². The van der Waals surface area contributed by atoms with E-state index in [1.165, 1.54) is 0 Å². The summed E-state index contributed by atoms with van der Waals surface area (Å²) >= 11 is 0. The largest absolute Gasteiger partial charge is 0.476 e. The topological polar surface area (TPSA) is 45.1 Å². The Bertz CT molecular complexity index is 259. The summed E-state index contributed by atoms with van der Waals surface area (Å²) in [6.45, 7) is 1.29. The number of rotatable bonds is 4. The monoisotopic (exact) mass is 178 g/mol. The number of nitrogens with one attached hydrogen (secondary N) is 2. The number of benzene rings is 1. The normalized spacial score (nSPS) is 9.62. The van der Waals surface area contributed by atoms with E-state index in [-0.39, 0.29) is 5.90 Å². The minimum atomic E-state index is 0.232. The second-order valence-electron chi connectivity index (χ2n) is 2.65. The van der Waals surface area contributed by atoms with E-state index in [4.69, 9.17) is 10.1 Å². The fraction of sp³-hybridized carbons (Fsp3) is 0.300. The first-order chi connectivity index (χ1) is 6.34. The van der Waals surface area contributed by atoms with Gasteiger partial charge in [-0.1, -0.05) is 18.2 Å². The average Bonchev–Trinajstić information content (AvgIpc) is 2.19. The van der Waals surface area contributed by atoms with Crippen molar-refractivity contribution in [2.75, 3.05) is 20.2 Å². The molecular formula is C10H14N2O. The highest BCUT2D eigenvalue weighted by Gasteiger charge is 1.99. The third kappa shape index (κ3) is 3.25. The van der Waals surface area contributed by atoms with Crippen molar-refractivity contribution >= 4 is 5.90 Å². The van der Waals surface area contributed by atoms with E-state index in [2.05, 4.69) is 5.32 Å². The van der Waals surface area contributed by atoms with Crippen molar-refractivity contribution < 1.29 is 4.74 Å². The Balaban J connectivity index is 2.40. The van der Waals surface area contributed by atoms with Crippen LogP contribution in [0.25, 0.3) is 0 Å². The van der Waals surface area contributed by atoms with Crippen molar-refractivity contribution in [1.29, 1.82) is 5.41 Å². The van der Waals surface area contributed by atoms with Crippen LogP contribution in [0.3, 0.4) is 0 Å². The van der Waals surface area contributed by atoms with E-state index in [0.29, 0.717) is 6.61 Å². The maximum absolute atomic E-state index is 7.56. The molecule has 0 atom stereocenters. The predicted molar refractivity (Wildman–Crippen MR) is 53.1 cm³/mol. The minimum absolute atomic E-state index is 0.232. The van der Waals surface area contributed by atoms with Gasteiger partial charge < -0.3 is 10.1 Å². The summed E-state index contributed by atoms with van der Waals surface area (Å²) in [5.74, 6) is 0.232. The molecule has 0 unspecified atom stereocenters. The van der Waals surface area contributed by atoms with Crippen LogP contribution in [0.15, 0.2) is 30.3 Å². The lowest BCUT2D eigenvalue weighted by Crippen LogP contribution is -2.17. The third-order valence-corrected chi connectivity index (χ3v) is 1.63. The summed E-state index contributed by atoms with van der Waals surface area (Å²) in [6.07, 6.45) is 0. The second kappa shape index (κ2) is 5.32. The summed E-state index contributed by atoms with van der Waals surface area (Å²) in [6, 6.07) is 9.43. The standard InChI is InChI=1S/C10H14N2O/c1-12-7-8-13-10(11)9-5-3-2-4-6-9/h2-6,11-12H,7-8H2,1H3. The van der Waals surface area contributed by atoms with Crippen LogP contribution in [0, 0.1) is 5.41 Å². The molecule has 0 amide bonds. The molecule has 1 aromatic carbocycles. The molecular weight excluding hydrogens is 164 g/mol. The Labute approximate surface area is 78.2 Å². The molecule has 0 saturated heterocycles. The predicted octanol–water partition coefficient (Wildman–Crippen LogP) is 1.25. The highest BCUT2D eigenvalue weighted by atomic mass is 16.5. The van der Waals surface area contributed by atoms with Crippen LogP contribution in [0.2, 0.25) is 0 Å². The van der Waals surface area contributed by atoms with E-state index < -0.39 is 0 Å². The molecule has 13 heavy (non-hydrogen) atoms. The molecule has 0 radical (unpaired) electrons. The zero-order valence-corrected chi connectivity index (χ0v) is 7.71. The van der Waals surface area contributed by atoms with E-state index in [0.717, 1.165) is 12.1 Å². The maximum Gasteiger partial charge on any atom is 0.213 e. The third-order valence-electron chi connectivity index (χ3n) is 1.63. The molecule has 0 heterocycles. The van der Waals surface area contributed by atoms with Crippen LogP contribution in [-0.4, -0.2) is 26.1 Å². The first kappa shape index (κ1) is 9.74. The van der Waals surface area contributed by atoms with Crippen molar-refractivity contribution in [3.8, 4) is 0 Å². The first-order valence-corrected chi connectivity index (χ1v) is 4.26. The number of ether oxygens (including phenoxy) is 1. The van der Waals surface area contributed by atoms with E-state index in [9.17, 15) is 0 Å². The molecule has 1 aromatic rings. The van der Waals surface area contributed by atoms with Crippen LogP contribution in [-0.2, 0) is 4.74 Å². The Kier molecular flexibility index (Phi) is 3.99. The van der Waals surface area contributed by atoms with Gasteiger partial charge in [0.15, 0.2) is 0 Å². The summed E-state index contributed by atoms with van der Waals surface area (Å²) in [5.41, 5.74) is 0.818. The Morgan fingerprint density at radius 3 is 2.69 bits per heavy atom. The SMILES string of the molecule is CNCCOC(=N)c1ccccc1. The van der Waals surface area contributed by atoms with Crippen molar-refractivity contribution in [3.05, 3.63) is 35.9 Å². The van der Waals surface area contributed by atoms with Crippen molar-refractivity contribution in [1.82, 2.24) is 5.32 Å². The Morgan fingerprint density at radius 2 is 2.08 bits per heavy atom. The molecule has 0 aliphatic heterocycles. The van der Waals surface area contributed by atoms with E-state index >= 15 is 0 Å². The highest BCUT2D eigenvalue weighted by Crippen LogP contribution is 1.99. The smallest absolute Gasteiger partial charge is 0.213 e. The Hall–Kier alpha value is -1.35. The molecule has 3 heteroatoms. The van der Waals surface area contributed by atoms with E-state index in [1.807, 2.05) is 37.4 Å². The molecule has 0 fully saturated rings. The number of hydrogen-bond donors (Lipinski definition) is 2. The van der Waals surface area contributed by atoms with Crippen LogP contribution in [0.1, 0.15) is 5.56 Å². The summed E-state index contributed by atoms with van der Waals surface area (Å²) in [7, 11) is 1.86. The van der Waals surface area contributed by atoms with Gasteiger partial charge in [0.2, 0.25) is 5.90 Å². The summed E-state index contributed by atoms with van der Waals surface area (Å²) in [5, 5.41) is 10.5. The molecule has 1 rings (SSSR count). The van der Waals surface area contributed by atoms with Gasteiger partial charge >= 0.3 is 0 Å². The van der Waals surface area contributed by atoms with Crippen molar-refractivity contribution in [2.45, 2.75) is 0 Å². The van der Waals surface area contributed by atoms with Gasteiger partial charge in [0.05, 0.1) is 0 Å². The van der Waals surface area contributed by atoms with Crippen molar-refractivity contribution in [3.63, 3.8) is 0 Å². The van der Waals surface area contributed by atoms with Crippen LogP contribution in [0.4, 0.5) is 0 Å². The zero-order chi connectivity index (χ0) is 9.52. The zero-order valence-electron chi connectivity index (χ0n) is 7.71. The molecule has 0 aliphatic carbocycles. The van der Waals surface area contributed by atoms with Gasteiger partial charge in [0.25, 0.3) is 0 Å². The second-order valence-corrected chi connectivity index (χ2v) is 2.65. The molecule has 0 aliphatic rings. The molecule has 70 valence electrons. The molecule has 0 saturated carbocycles. The lowest BCUT2D eigenvalue weighted by atomic mass is 10.2. The average molecular weight is 178 g/mol. The minimum Gasteiger partial charge on any atom is -0.476 e. The van der Waals surface area contributed by atoms with Gasteiger partial charge in [-0.2, -0.15) is 0 Å². The van der Waals surface area contributed by atoms with Crippen LogP contribution < -0.4 is 5.32 Å². The highest BCUT2D eigenvalue weighted by molar-refractivity contribution is 5.91. The maximum atomic E-state index is 7.56. The molecule has 3 nitrogen and oxygen atoms in total. The van der Waals surface area contributed by atoms with Gasteiger partial charge in [-0.05, 0) is 19.2 Å². The van der Waals surface area contributed by atoms with Gasteiger partial charge in [0.1, 0.15) is 6.61 Å². The molecule has 0 spiro atoms. The molecule has 0 aromatic heterocycles. The van der Waals surface area contributed by atoms with Gasteiger partial charge in [-0.15, -0.1) is 0 Å². The quantitative estimate of drug-likeness (QED) is 0.414. The Morgan fingerprint density at radius 1 is 1.38 bits per heavy atom. The van der Waals surface area contributed by atoms with Gasteiger partial charge in [0, 0.05) is 12.1 Å². The number of hydrogen-bond acceptors (Lipinski definition) is 3. The fourth-order valence-corrected chi connectivity index (χ4v) is 0.928. The lowest BCUT2D eigenvalue weighted by Gasteiger charge is -2.06. The summed E-state index contributed by atoms with van der Waals surface area (Å²) in [4.78, 5) is 0. The summed E-state index contributed by atoms with van der Waals surface area (Å²) < 4.78 is 5.19. The molecule has 0 bridgehead atoms. The first-order valence-electron chi connectivity index (χ1n) is 4.26.